The van der Waals surface area contributed by atoms with Crippen molar-refractivity contribution >= 4 is 17.2 Å². The van der Waals surface area contributed by atoms with E-state index in [2.05, 4.69) is 10.2 Å². The van der Waals surface area contributed by atoms with Crippen LogP contribution in [0.4, 0.5) is 8.78 Å². The number of amides is 1. The molecule has 0 saturated heterocycles. The van der Waals surface area contributed by atoms with Crippen molar-refractivity contribution in [2.24, 2.45) is 0 Å². The molecule has 2 aromatic rings. The summed E-state index contributed by atoms with van der Waals surface area (Å²) >= 11 is 1.51. The van der Waals surface area contributed by atoms with Gasteiger partial charge in [-0.3, -0.25) is 9.69 Å². The summed E-state index contributed by atoms with van der Waals surface area (Å²) in [6.07, 6.45) is 5.20. The van der Waals surface area contributed by atoms with E-state index in [0.29, 0.717) is 10.9 Å². The fourth-order valence-corrected chi connectivity index (χ4v) is 4.89. The lowest BCUT2D eigenvalue weighted by Crippen LogP contribution is -2.28. The smallest absolute Gasteiger partial charge is 0.261 e. The minimum atomic E-state index is -0.512. The van der Waals surface area contributed by atoms with Gasteiger partial charge in [0.2, 0.25) is 0 Å². The second-order valence-electron chi connectivity index (χ2n) is 6.82. The van der Waals surface area contributed by atoms with Gasteiger partial charge < -0.3 is 5.32 Å². The first kappa shape index (κ1) is 16.7. The second kappa shape index (κ2) is 6.84. The number of rotatable bonds is 4. The predicted molar refractivity (Wildman–Crippen MR) is 93.4 cm³/mol. The average molecular weight is 362 g/mol. The molecule has 4 rings (SSSR count). The molecule has 1 amide bonds. The number of halogens is 2. The summed E-state index contributed by atoms with van der Waals surface area (Å²) in [5.41, 5.74) is 1.39. The Morgan fingerprint density at radius 2 is 2.00 bits per heavy atom. The van der Waals surface area contributed by atoms with Crippen LogP contribution in [-0.4, -0.2) is 16.8 Å². The molecule has 1 saturated carbocycles. The zero-order valence-electron chi connectivity index (χ0n) is 13.9. The summed E-state index contributed by atoms with van der Waals surface area (Å²) in [7, 11) is 0. The molecular formula is C19H20F2N2OS. The number of fused-ring (bicyclic) bond motifs is 1. The summed E-state index contributed by atoms with van der Waals surface area (Å²) in [4.78, 5) is 16.7. The van der Waals surface area contributed by atoms with Crippen LogP contribution in [0.25, 0.3) is 0 Å². The molecule has 2 aliphatic rings. The number of hydrogen-bond donors (Lipinski definition) is 1. The van der Waals surface area contributed by atoms with Gasteiger partial charge in [0.25, 0.3) is 5.91 Å². The summed E-state index contributed by atoms with van der Waals surface area (Å²) in [5.74, 6) is -1.24. The van der Waals surface area contributed by atoms with Crippen molar-refractivity contribution in [3.05, 3.63) is 56.8 Å². The summed E-state index contributed by atoms with van der Waals surface area (Å²) < 4.78 is 26.8. The first-order valence-electron chi connectivity index (χ1n) is 8.68. The van der Waals surface area contributed by atoms with E-state index >= 15 is 0 Å². The largest absolute Gasteiger partial charge is 0.347 e. The maximum atomic E-state index is 13.6. The van der Waals surface area contributed by atoms with Gasteiger partial charge >= 0.3 is 0 Å². The SMILES string of the molecule is O=C(NCc1cc(F)ccc1F)c1cc2c(s1)CN(C1CCCC1)C2. The van der Waals surface area contributed by atoms with Crippen LogP contribution in [0.5, 0.6) is 0 Å². The average Bonchev–Trinajstić information content (AvgIpc) is 3.30. The minimum absolute atomic E-state index is 0.0147. The van der Waals surface area contributed by atoms with Crippen LogP contribution in [0.1, 0.15) is 51.4 Å². The zero-order valence-corrected chi connectivity index (χ0v) is 14.7. The Morgan fingerprint density at radius 1 is 1.20 bits per heavy atom. The maximum Gasteiger partial charge on any atom is 0.261 e. The maximum absolute atomic E-state index is 13.6. The first-order chi connectivity index (χ1) is 12.1. The van der Waals surface area contributed by atoms with Crippen molar-refractivity contribution in [3.8, 4) is 0 Å². The van der Waals surface area contributed by atoms with Crippen LogP contribution in [0.15, 0.2) is 24.3 Å². The van der Waals surface area contributed by atoms with E-state index in [9.17, 15) is 13.6 Å². The predicted octanol–water partition coefficient (Wildman–Crippen LogP) is 4.21. The van der Waals surface area contributed by atoms with Gasteiger partial charge in [0.1, 0.15) is 11.6 Å². The van der Waals surface area contributed by atoms with Gasteiger partial charge in [-0.25, -0.2) is 8.78 Å². The molecule has 2 heterocycles. The van der Waals surface area contributed by atoms with E-state index in [-0.39, 0.29) is 18.0 Å². The monoisotopic (exact) mass is 362 g/mol. The number of thiophene rings is 1. The molecular weight excluding hydrogens is 342 g/mol. The van der Waals surface area contributed by atoms with Crippen molar-refractivity contribution < 1.29 is 13.6 Å². The molecule has 1 fully saturated rings. The molecule has 132 valence electrons. The topological polar surface area (TPSA) is 32.3 Å². The van der Waals surface area contributed by atoms with Gasteiger partial charge in [0, 0.05) is 36.1 Å². The van der Waals surface area contributed by atoms with Crippen molar-refractivity contribution in [2.45, 2.75) is 51.4 Å². The lowest BCUT2D eigenvalue weighted by molar-refractivity contribution is 0.0954. The van der Waals surface area contributed by atoms with E-state index in [1.807, 2.05) is 6.07 Å². The van der Waals surface area contributed by atoms with E-state index in [0.717, 1.165) is 31.3 Å². The highest BCUT2D eigenvalue weighted by molar-refractivity contribution is 7.14. The van der Waals surface area contributed by atoms with Crippen LogP contribution in [0.3, 0.4) is 0 Å². The van der Waals surface area contributed by atoms with E-state index in [1.165, 1.54) is 47.5 Å². The Kier molecular flexibility index (Phi) is 4.56. The third kappa shape index (κ3) is 3.46. The zero-order chi connectivity index (χ0) is 17.4. The summed E-state index contributed by atoms with van der Waals surface area (Å²) in [6, 6.07) is 5.90. The fourth-order valence-electron chi connectivity index (χ4n) is 3.77. The van der Waals surface area contributed by atoms with Crippen molar-refractivity contribution in [1.29, 1.82) is 0 Å². The molecule has 25 heavy (non-hydrogen) atoms. The van der Waals surface area contributed by atoms with Crippen molar-refractivity contribution in [1.82, 2.24) is 10.2 Å². The third-order valence-corrected chi connectivity index (χ3v) is 6.29. The van der Waals surface area contributed by atoms with E-state index in [4.69, 9.17) is 0 Å². The Hall–Kier alpha value is -1.79. The number of carbonyl (C=O) groups is 1. The number of carbonyl (C=O) groups excluding carboxylic acids is 1. The van der Waals surface area contributed by atoms with Crippen molar-refractivity contribution in [3.63, 3.8) is 0 Å². The molecule has 1 N–H and O–H groups in total. The Labute approximate surface area is 149 Å². The number of nitrogens with zero attached hydrogens (tertiary/aromatic N) is 1. The lowest BCUT2D eigenvalue weighted by atomic mass is 10.2. The van der Waals surface area contributed by atoms with Crippen LogP contribution in [-0.2, 0) is 19.6 Å². The Balaban J connectivity index is 1.38. The first-order valence-corrected chi connectivity index (χ1v) is 9.49. The van der Waals surface area contributed by atoms with Gasteiger partial charge in [0.05, 0.1) is 4.88 Å². The normalized spacial score (nSPS) is 17.8. The van der Waals surface area contributed by atoms with Gasteiger partial charge in [-0.1, -0.05) is 12.8 Å². The highest BCUT2D eigenvalue weighted by Crippen LogP contribution is 2.35. The highest BCUT2D eigenvalue weighted by Gasteiger charge is 2.30. The second-order valence-corrected chi connectivity index (χ2v) is 7.96. The lowest BCUT2D eigenvalue weighted by Gasteiger charge is -2.22. The molecule has 1 aliphatic heterocycles. The Morgan fingerprint density at radius 3 is 2.76 bits per heavy atom. The third-order valence-electron chi connectivity index (χ3n) is 5.13. The molecule has 0 radical (unpaired) electrons. The van der Waals surface area contributed by atoms with Crippen LogP contribution in [0.2, 0.25) is 0 Å². The molecule has 0 atom stereocenters. The molecule has 0 spiro atoms. The fraction of sp³-hybridized carbons (Fsp3) is 0.421. The van der Waals surface area contributed by atoms with Gasteiger partial charge in [-0.2, -0.15) is 0 Å². The van der Waals surface area contributed by atoms with Gasteiger partial charge in [-0.15, -0.1) is 11.3 Å². The number of nitrogens with one attached hydrogen (secondary N) is 1. The molecule has 1 aromatic heterocycles. The number of hydrogen-bond acceptors (Lipinski definition) is 3. The molecule has 0 bridgehead atoms. The molecule has 1 aliphatic carbocycles. The minimum Gasteiger partial charge on any atom is -0.347 e. The van der Waals surface area contributed by atoms with Crippen LogP contribution >= 0.6 is 11.3 Å². The summed E-state index contributed by atoms with van der Waals surface area (Å²) in [6.45, 7) is 1.83. The van der Waals surface area contributed by atoms with Crippen LogP contribution < -0.4 is 5.32 Å². The Bertz CT molecular complexity index is 775. The molecule has 0 unspecified atom stereocenters. The standard InChI is InChI=1S/C19H20F2N2OS/c20-14-5-6-16(21)12(7-14)9-22-19(24)17-8-13-10-23(11-18(13)25-17)15-3-1-2-4-15/h5-8,15H,1-4,9-11H2,(H,22,24). The summed E-state index contributed by atoms with van der Waals surface area (Å²) in [5, 5.41) is 2.69. The van der Waals surface area contributed by atoms with Gasteiger partial charge in [0.15, 0.2) is 0 Å². The van der Waals surface area contributed by atoms with Gasteiger partial charge in [-0.05, 0) is 42.7 Å². The molecule has 1 aromatic carbocycles. The van der Waals surface area contributed by atoms with Crippen molar-refractivity contribution in [2.75, 3.05) is 0 Å². The highest BCUT2D eigenvalue weighted by atomic mass is 32.1. The molecule has 3 nitrogen and oxygen atoms in total. The van der Waals surface area contributed by atoms with E-state index < -0.39 is 11.6 Å². The molecule has 6 heteroatoms. The number of benzene rings is 1. The quantitative estimate of drug-likeness (QED) is 0.883. The van der Waals surface area contributed by atoms with E-state index in [1.54, 1.807) is 0 Å². The van der Waals surface area contributed by atoms with Crippen LogP contribution in [0, 0.1) is 11.6 Å².